The monoisotopic (exact) mass is 386 g/mol. The van der Waals surface area contributed by atoms with Gasteiger partial charge in [0.05, 0.1) is 19.1 Å². The van der Waals surface area contributed by atoms with Gasteiger partial charge in [-0.1, -0.05) is 30.3 Å². The van der Waals surface area contributed by atoms with Gasteiger partial charge < -0.3 is 9.47 Å². The molecule has 0 saturated carbocycles. The van der Waals surface area contributed by atoms with E-state index in [0.717, 1.165) is 11.3 Å². The topological polar surface area (TPSA) is 87.5 Å². The summed E-state index contributed by atoms with van der Waals surface area (Å²) in [5, 5.41) is 0.301. The molecule has 1 atom stereocenters. The predicted molar refractivity (Wildman–Crippen MR) is 101 cm³/mol. The molecule has 0 saturated heterocycles. The van der Waals surface area contributed by atoms with Gasteiger partial charge in [-0.2, -0.15) is 0 Å². The van der Waals surface area contributed by atoms with Crippen LogP contribution in [0.25, 0.3) is 10.2 Å². The Labute approximate surface area is 159 Å². The number of hydrogen-bond donors (Lipinski definition) is 0. The molecule has 0 radical (unpaired) electrons. The number of nitrogens with zero attached hydrogens (tertiary/aromatic N) is 2. The Hall–Kier alpha value is -3.00. The highest BCUT2D eigenvalue weighted by Gasteiger charge is 2.27. The van der Waals surface area contributed by atoms with Crippen molar-refractivity contribution in [2.45, 2.75) is 19.9 Å². The number of aryl methyl sites for hydroxylation is 1. The number of esters is 2. The summed E-state index contributed by atoms with van der Waals surface area (Å²) in [6.07, 6.45) is 1.31. The van der Waals surface area contributed by atoms with Crippen molar-refractivity contribution < 1.29 is 19.1 Å². The minimum Gasteiger partial charge on any atom is -0.467 e. The Morgan fingerprint density at radius 3 is 2.59 bits per heavy atom. The van der Waals surface area contributed by atoms with Crippen molar-refractivity contribution in [3.8, 4) is 0 Å². The number of rotatable bonds is 5. The van der Waals surface area contributed by atoms with Crippen LogP contribution in [0.2, 0.25) is 0 Å². The number of aromatic nitrogens is 2. The van der Waals surface area contributed by atoms with Crippen LogP contribution in [0.5, 0.6) is 0 Å². The van der Waals surface area contributed by atoms with Crippen molar-refractivity contribution in [2.75, 3.05) is 13.7 Å². The molecule has 8 heteroatoms. The van der Waals surface area contributed by atoms with Crippen molar-refractivity contribution in [3.63, 3.8) is 0 Å². The lowest BCUT2D eigenvalue weighted by atomic mass is 10.1. The van der Waals surface area contributed by atoms with Crippen molar-refractivity contribution in [1.29, 1.82) is 0 Å². The molecule has 27 heavy (non-hydrogen) atoms. The summed E-state index contributed by atoms with van der Waals surface area (Å²) in [5.74, 6) is -1.07. The average molecular weight is 386 g/mol. The zero-order valence-electron chi connectivity index (χ0n) is 15.1. The van der Waals surface area contributed by atoms with E-state index in [-0.39, 0.29) is 6.61 Å². The third-order valence-electron chi connectivity index (χ3n) is 4.15. The van der Waals surface area contributed by atoms with E-state index >= 15 is 0 Å². The Balaban J connectivity index is 2.21. The molecule has 1 unspecified atom stereocenters. The van der Waals surface area contributed by atoms with Gasteiger partial charge in [0.25, 0.3) is 5.56 Å². The van der Waals surface area contributed by atoms with Crippen LogP contribution < -0.4 is 5.56 Å². The summed E-state index contributed by atoms with van der Waals surface area (Å²) in [5.41, 5.74) is 0.687. The number of ether oxygens (including phenoxy) is 2. The zero-order chi connectivity index (χ0) is 19.6. The number of hydrogen-bond acceptors (Lipinski definition) is 7. The van der Waals surface area contributed by atoms with Gasteiger partial charge in [-0.25, -0.2) is 14.6 Å². The van der Waals surface area contributed by atoms with Crippen molar-refractivity contribution >= 4 is 33.5 Å². The van der Waals surface area contributed by atoms with Gasteiger partial charge in [-0.3, -0.25) is 9.36 Å². The van der Waals surface area contributed by atoms with Crippen molar-refractivity contribution in [2.24, 2.45) is 0 Å². The zero-order valence-corrected chi connectivity index (χ0v) is 15.9. The summed E-state index contributed by atoms with van der Waals surface area (Å²) < 4.78 is 11.2. The van der Waals surface area contributed by atoms with Gasteiger partial charge in [-0.15, -0.1) is 11.3 Å². The van der Waals surface area contributed by atoms with E-state index < -0.39 is 23.5 Å². The fourth-order valence-electron chi connectivity index (χ4n) is 2.87. The maximum Gasteiger partial charge on any atom is 0.348 e. The lowest BCUT2D eigenvalue weighted by Gasteiger charge is -2.17. The minimum atomic E-state index is -0.967. The molecule has 0 spiro atoms. The summed E-state index contributed by atoms with van der Waals surface area (Å²) in [6.45, 7) is 3.63. The Morgan fingerprint density at radius 2 is 1.96 bits per heavy atom. The smallest absolute Gasteiger partial charge is 0.348 e. The fourth-order valence-corrected chi connectivity index (χ4v) is 3.90. The Kier molecular flexibility index (Phi) is 5.36. The normalized spacial score (nSPS) is 12.0. The van der Waals surface area contributed by atoms with Crippen LogP contribution in [0.3, 0.4) is 0 Å². The first-order valence-corrected chi connectivity index (χ1v) is 9.11. The molecule has 2 aromatic heterocycles. The first-order chi connectivity index (χ1) is 13.0. The number of carbonyl (C=O) groups excluding carboxylic acids is 2. The highest BCUT2D eigenvalue weighted by Crippen LogP contribution is 2.28. The standard InChI is InChI=1S/C19H18N2O5S/c1-4-26-19(24)15-11(2)13-16(27-15)20-10-21(17(13)22)14(18(23)25-3)12-8-6-5-7-9-12/h5-10,14H,4H2,1-3H3. The van der Waals surface area contributed by atoms with Gasteiger partial charge in [0, 0.05) is 0 Å². The molecule has 3 rings (SSSR count). The van der Waals surface area contributed by atoms with Crippen LogP contribution in [0, 0.1) is 6.92 Å². The minimum absolute atomic E-state index is 0.239. The molecule has 0 aliphatic heterocycles. The molecule has 0 aliphatic rings. The van der Waals surface area contributed by atoms with Crippen molar-refractivity contribution in [3.05, 3.63) is 63.0 Å². The largest absolute Gasteiger partial charge is 0.467 e. The number of benzene rings is 1. The van der Waals surface area contributed by atoms with E-state index in [1.54, 1.807) is 38.1 Å². The van der Waals surface area contributed by atoms with E-state index in [0.29, 0.717) is 26.2 Å². The second-order valence-corrected chi connectivity index (χ2v) is 6.75. The molecule has 140 valence electrons. The third kappa shape index (κ3) is 3.35. The van der Waals surface area contributed by atoms with Crippen LogP contribution in [0.15, 0.2) is 41.5 Å². The SMILES string of the molecule is CCOC(=O)c1sc2ncn(C(C(=O)OC)c3ccccc3)c(=O)c2c1C. The molecule has 0 fully saturated rings. The maximum atomic E-state index is 13.1. The molecule has 0 N–H and O–H groups in total. The van der Waals surface area contributed by atoms with Crippen LogP contribution in [0.4, 0.5) is 0 Å². The van der Waals surface area contributed by atoms with Gasteiger partial charge in [0.15, 0.2) is 6.04 Å². The summed E-state index contributed by atoms with van der Waals surface area (Å²) in [4.78, 5) is 42.7. The lowest BCUT2D eigenvalue weighted by Crippen LogP contribution is -2.31. The molecule has 3 aromatic rings. The van der Waals surface area contributed by atoms with Gasteiger partial charge in [0.1, 0.15) is 16.0 Å². The van der Waals surface area contributed by atoms with Crippen LogP contribution in [0.1, 0.15) is 33.8 Å². The van der Waals surface area contributed by atoms with E-state index in [2.05, 4.69) is 4.98 Å². The van der Waals surface area contributed by atoms with Gasteiger partial charge >= 0.3 is 11.9 Å². The quantitative estimate of drug-likeness (QED) is 0.627. The molecule has 0 amide bonds. The highest BCUT2D eigenvalue weighted by molar-refractivity contribution is 7.20. The molecule has 7 nitrogen and oxygen atoms in total. The van der Waals surface area contributed by atoms with Crippen LogP contribution >= 0.6 is 11.3 Å². The fraction of sp³-hybridized carbons (Fsp3) is 0.263. The van der Waals surface area contributed by atoms with Crippen LogP contribution in [-0.2, 0) is 14.3 Å². The second kappa shape index (κ2) is 7.71. The third-order valence-corrected chi connectivity index (χ3v) is 5.33. The first-order valence-electron chi connectivity index (χ1n) is 8.29. The Morgan fingerprint density at radius 1 is 1.26 bits per heavy atom. The van der Waals surface area contributed by atoms with E-state index in [1.807, 2.05) is 6.07 Å². The summed E-state index contributed by atoms with van der Waals surface area (Å²) >= 11 is 1.10. The molecule has 0 aliphatic carbocycles. The molecular formula is C19H18N2O5S. The lowest BCUT2D eigenvalue weighted by molar-refractivity contribution is -0.143. The molecule has 2 heterocycles. The van der Waals surface area contributed by atoms with E-state index in [4.69, 9.17) is 9.47 Å². The van der Waals surface area contributed by atoms with E-state index in [1.165, 1.54) is 18.0 Å². The average Bonchev–Trinajstić information content (AvgIpc) is 3.02. The second-order valence-electron chi connectivity index (χ2n) is 5.75. The molecular weight excluding hydrogens is 368 g/mol. The Bertz CT molecular complexity index is 1060. The summed E-state index contributed by atoms with van der Waals surface area (Å²) in [6, 6.07) is 7.88. The highest BCUT2D eigenvalue weighted by atomic mass is 32.1. The molecule has 1 aromatic carbocycles. The summed E-state index contributed by atoms with van der Waals surface area (Å²) in [7, 11) is 1.27. The number of carbonyl (C=O) groups is 2. The predicted octanol–water partition coefficient (Wildman–Crippen LogP) is 2.71. The number of methoxy groups -OCH3 is 1. The first kappa shape index (κ1) is 18.8. The molecule has 0 bridgehead atoms. The number of thiophene rings is 1. The van der Waals surface area contributed by atoms with Crippen molar-refractivity contribution in [1.82, 2.24) is 9.55 Å². The van der Waals surface area contributed by atoms with Gasteiger partial charge in [0.2, 0.25) is 0 Å². The number of fused-ring (bicyclic) bond motifs is 1. The van der Waals surface area contributed by atoms with Gasteiger partial charge in [-0.05, 0) is 25.0 Å². The van der Waals surface area contributed by atoms with Crippen LogP contribution in [-0.4, -0.2) is 35.2 Å². The maximum absolute atomic E-state index is 13.1. The van der Waals surface area contributed by atoms with E-state index in [9.17, 15) is 14.4 Å².